The predicted octanol–water partition coefficient (Wildman–Crippen LogP) is 1.67. The molecule has 1 aromatic rings. The Labute approximate surface area is 106 Å². The van der Waals surface area contributed by atoms with Gasteiger partial charge in [-0.25, -0.2) is 17.5 Å². The zero-order valence-corrected chi connectivity index (χ0v) is 10.9. The van der Waals surface area contributed by atoms with Gasteiger partial charge in [0.15, 0.2) is 0 Å². The highest BCUT2D eigenvalue weighted by Crippen LogP contribution is 2.18. The van der Waals surface area contributed by atoms with Crippen LogP contribution in [0.15, 0.2) is 29.2 Å². The molecule has 0 saturated carbocycles. The summed E-state index contributed by atoms with van der Waals surface area (Å²) in [5.74, 6) is -0.746. The monoisotopic (exact) mass is 273 g/mol. The Balaban J connectivity index is 2.14. The van der Waals surface area contributed by atoms with Gasteiger partial charge < -0.3 is 4.74 Å². The number of ether oxygens (including phenoxy) is 1. The van der Waals surface area contributed by atoms with Crippen molar-refractivity contribution in [1.29, 1.82) is 0 Å². The fraction of sp³-hybridized carbons (Fsp3) is 0.500. The molecule has 1 N–H and O–H groups in total. The van der Waals surface area contributed by atoms with Gasteiger partial charge in [0.1, 0.15) is 10.7 Å². The lowest BCUT2D eigenvalue weighted by Gasteiger charge is -2.20. The first-order valence-electron chi connectivity index (χ1n) is 5.89. The van der Waals surface area contributed by atoms with E-state index in [0.29, 0.717) is 6.61 Å². The van der Waals surface area contributed by atoms with E-state index in [2.05, 4.69) is 4.72 Å². The van der Waals surface area contributed by atoms with Crippen LogP contribution in [0.1, 0.15) is 19.8 Å². The fourth-order valence-electron chi connectivity index (χ4n) is 2.04. The summed E-state index contributed by atoms with van der Waals surface area (Å²) in [4.78, 5) is -0.324. The maximum absolute atomic E-state index is 13.5. The van der Waals surface area contributed by atoms with Crippen LogP contribution in [0.5, 0.6) is 0 Å². The smallest absolute Gasteiger partial charge is 0.243 e. The predicted molar refractivity (Wildman–Crippen MR) is 65.2 cm³/mol. The van der Waals surface area contributed by atoms with E-state index in [0.717, 1.165) is 18.9 Å². The molecule has 1 fully saturated rings. The third kappa shape index (κ3) is 2.88. The van der Waals surface area contributed by atoms with Crippen LogP contribution in [0.3, 0.4) is 0 Å². The summed E-state index contributed by atoms with van der Waals surface area (Å²) < 4.78 is 45.4. The van der Waals surface area contributed by atoms with Gasteiger partial charge in [-0.3, -0.25) is 0 Å². The van der Waals surface area contributed by atoms with Gasteiger partial charge >= 0.3 is 0 Å². The fourth-order valence-corrected chi connectivity index (χ4v) is 3.39. The first kappa shape index (κ1) is 13.5. The second-order valence-electron chi connectivity index (χ2n) is 4.39. The summed E-state index contributed by atoms with van der Waals surface area (Å²) >= 11 is 0. The van der Waals surface area contributed by atoms with Gasteiger partial charge in [0, 0.05) is 12.6 Å². The molecule has 6 heteroatoms. The van der Waals surface area contributed by atoms with Crippen molar-refractivity contribution in [1.82, 2.24) is 4.72 Å². The third-order valence-corrected chi connectivity index (χ3v) is 4.58. The van der Waals surface area contributed by atoms with Crippen LogP contribution in [0, 0.1) is 5.82 Å². The second kappa shape index (κ2) is 5.34. The normalized spacial score (nSPS) is 22.0. The maximum atomic E-state index is 13.5. The molecule has 0 spiro atoms. The lowest BCUT2D eigenvalue weighted by atomic mass is 10.1. The molecule has 2 rings (SSSR count). The quantitative estimate of drug-likeness (QED) is 0.908. The Kier molecular flexibility index (Phi) is 3.99. The van der Waals surface area contributed by atoms with Gasteiger partial charge in [0.05, 0.1) is 6.10 Å². The molecule has 18 heavy (non-hydrogen) atoms. The molecule has 1 heterocycles. The highest BCUT2D eigenvalue weighted by molar-refractivity contribution is 7.89. The largest absolute Gasteiger partial charge is 0.377 e. The summed E-state index contributed by atoms with van der Waals surface area (Å²) in [6, 6.07) is 4.97. The molecule has 0 aromatic heterocycles. The van der Waals surface area contributed by atoms with Crippen LogP contribution >= 0.6 is 0 Å². The van der Waals surface area contributed by atoms with Gasteiger partial charge in [-0.15, -0.1) is 0 Å². The molecular weight excluding hydrogens is 257 g/mol. The van der Waals surface area contributed by atoms with Crippen molar-refractivity contribution in [2.24, 2.45) is 0 Å². The van der Waals surface area contributed by atoms with E-state index in [-0.39, 0.29) is 17.0 Å². The Morgan fingerprint density at radius 2 is 2.17 bits per heavy atom. The van der Waals surface area contributed by atoms with Crippen LogP contribution < -0.4 is 4.72 Å². The van der Waals surface area contributed by atoms with E-state index in [1.807, 2.05) is 0 Å². The first-order valence-corrected chi connectivity index (χ1v) is 7.37. The Bertz CT molecular complexity index is 512. The Hall–Kier alpha value is -0.980. The zero-order valence-electron chi connectivity index (χ0n) is 10.1. The first-order chi connectivity index (χ1) is 8.50. The van der Waals surface area contributed by atoms with Crippen LogP contribution in [0.25, 0.3) is 0 Å². The molecule has 0 aliphatic carbocycles. The average molecular weight is 273 g/mol. The second-order valence-corrected chi connectivity index (χ2v) is 6.07. The summed E-state index contributed by atoms with van der Waals surface area (Å²) in [7, 11) is -3.83. The van der Waals surface area contributed by atoms with E-state index in [9.17, 15) is 12.8 Å². The number of hydrogen-bond acceptors (Lipinski definition) is 3. The van der Waals surface area contributed by atoms with Crippen molar-refractivity contribution >= 4 is 10.0 Å². The molecule has 0 bridgehead atoms. The summed E-state index contributed by atoms with van der Waals surface area (Å²) in [6.07, 6.45) is 1.61. The minimum atomic E-state index is -3.83. The van der Waals surface area contributed by atoms with E-state index in [1.54, 1.807) is 6.92 Å². The van der Waals surface area contributed by atoms with Gasteiger partial charge in [0.2, 0.25) is 10.0 Å². The average Bonchev–Trinajstić information content (AvgIpc) is 2.82. The van der Waals surface area contributed by atoms with Crippen molar-refractivity contribution in [2.75, 3.05) is 6.61 Å². The molecular formula is C12H16FNO3S. The highest BCUT2D eigenvalue weighted by atomic mass is 32.2. The van der Waals surface area contributed by atoms with Crippen LogP contribution in [-0.2, 0) is 14.8 Å². The number of nitrogens with one attached hydrogen (secondary N) is 1. The van der Waals surface area contributed by atoms with Gasteiger partial charge in [0.25, 0.3) is 0 Å². The van der Waals surface area contributed by atoms with E-state index >= 15 is 0 Å². The topological polar surface area (TPSA) is 55.4 Å². The highest BCUT2D eigenvalue weighted by Gasteiger charge is 2.28. The molecule has 0 amide bonds. The van der Waals surface area contributed by atoms with Crippen molar-refractivity contribution in [3.8, 4) is 0 Å². The summed E-state index contributed by atoms with van der Waals surface area (Å²) in [5, 5.41) is 0. The minimum Gasteiger partial charge on any atom is -0.377 e. The molecule has 1 aliphatic rings. The van der Waals surface area contributed by atoms with Crippen LogP contribution in [0.2, 0.25) is 0 Å². The van der Waals surface area contributed by atoms with Gasteiger partial charge in [-0.2, -0.15) is 0 Å². The standard InChI is InChI=1S/C12H16FNO3S/c1-9(11-6-4-8-17-11)14-18(15,16)12-7-3-2-5-10(12)13/h2-3,5,7,9,11,14H,4,6,8H2,1H3/t9-,11+/m1/s1. The molecule has 1 aliphatic heterocycles. The van der Waals surface area contributed by atoms with Crippen molar-refractivity contribution in [2.45, 2.75) is 36.8 Å². The van der Waals surface area contributed by atoms with E-state index < -0.39 is 15.8 Å². The molecule has 2 atom stereocenters. The lowest BCUT2D eigenvalue weighted by Crippen LogP contribution is -2.41. The number of halogens is 1. The van der Waals surface area contributed by atoms with Crippen LogP contribution in [0.4, 0.5) is 4.39 Å². The maximum Gasteiger partial charge on any atom is 0.243 e. The third-order valence-electron chi connectivity index (χ3n) is 2.99. The summed E-state index contributed by atoms with van der Waals surface area (Å²) in [6.45, 7) is 2.38. The molecule has 0 radical (unpaired) electrons. The molecule has 0 unspecified atom stereocenters. The van der Waals surface area contributed by atoms with Crippen molar-refractivity contribution in [3.05, 3.63) is 30.1 Å². The zero-order chi connectivity index (χ0) is 13.2. The molecule has 4 nitrogen and oxygen atoms in total. The lowest BCUT2D eigenvalue weighted by molar-refractivity contribution is 0.0902. The van der Waals surface area contributed by atoms with E-state index in [1.165, 1.54) is 18.2 Å². The van der Waals surface area contributed by atoms with Gasteiger partial charge in [-0.1, -0.05) is 12.1 Å². The van der Waals surface area contributed by atoms with Crippen molar-refractivity contribution in [3.63, 3.8) is 0 Å². The van der Waals surface area contributed by atoms with E-state index in [4.69, 9.17) is 4.74 Å². The number of hydrogen-bond donors (Lipinski definition) is 1. The summed E-state index contributed by atoms with van der Waals surface area (Å²) in [5.41, 5.74) is 0. The number of sulfonamides is 1. The minimum absolute atomic E-state index is 0.133. The Morgan fingerprint density at radius 1 is 1.44 bits per heavy atom. The van der Waals surface area contributed by atoms with Crippen molar-refractivity contribution < 1.29 is 17.5 Å². The number of rotatable bonds is 4. The molecule has 1 saturated heterocycles. The molecule has 100 valence electrons. The van der Waals surface area contributed by atoms with Gasteiger partial charge in [-0.05, 0) is 31.9 Å². The molecule has 1 aromatic carbocycles. The number of benzene rings is 1. The SMILES string of the molecule is C[C@@H](NS(=O)(=O)c1ccccc1F)[C@@H]1CCCO1. The Morgan fingerprint density at radius 3 is 2.78 bits per heavy atom. The van der Waals surface area contributed by atoms with Crippen LogP contribution in [-0.4, -0.2) is 27.2 Å².